The summed E-state index contributed by atoms with van der Waals surface area (Å²) in [6.07, 6.45) is 6.56. The van der Waals surface area contributed by atoms with E-state index in [0.717, 1.165) is 37.1 Å². The Labute approximate surface area is 154 Å². The lowest BCUT2D eigenvalue weighted by Crippen LogP contribution is -2.41. The molecule has 0 aromatic heterocycles. The first-order valence-electron chi connectivity index (χ1n) is 9.25. The Kier molecular flexibility index (Phi) is 6.25. The number of hydrogen-bond donors (Lipinski definition) is 3. The van der Waals surface area contributed by atoms with E-state index in [0.29, 0.717) is 5.69 Å². The van der Waals surface area contributed by atoms with Gasteiger partial charge in [-0.2, -0.15) is 0 Å². The first-order valence-corrected chi connectivity index (χ1v) is 9.25. The number of hydrogen-bond acceptors (Lipinski definition) is 3. The number of rotatable bonds is 4. The topological polar surface area (TPSA) is 70.2 Å². The van der Waals surface area contributed by atoms with Crippen molar-refractivity contribution in [2.24, 2.45) is 0 Å². The van der Waals surface area contributed by atoms with E-state index in [-0.39, 0.29) is 6.04 Å². The Hall–Kier alpha value is -2.82. The van der Waals surface area contributed by atoms with Crippen LogP contribution in [0.5, 0.6) is 0 Å². The lowest BCUT2D eigenvalue weighted by atomic mass is 10.1. The van der Waals surface area contributed by atoms with E-state index in [2.05, 4.69) is 16.0 Å². The quantitative estimate of drug-likeness (QED) is 0.571. The van der Waals surface area contributed by atoms with Crippen molar-refractivity contribution in [3.8, 4) is 0 Å². The van der Waals surface area contributed by atoms with Crippen molar-refractivity contribution < 1.29 is 9.59 Å². The van der Waals surface area contributed by atoms with Crippen molar-refractivity contribution in [1.82, 2.24) is 5.32 Å². The molecule has 1 aliphatic carbocycles. The van der Waals surface area contributed by atoms with E-state index in [1.165, 1.54) is 12.8 Å². The van der Waals surface area contributed by atoms with Crippen LogP contribution in [0.25, 0.3) is 0 Å². The monoisotopic (exact) mass is 351 g/mol. The molecule has 1 saturated carbocycles. The molecule has 3 N–H and O–H groups in total. The molecule has 0 heterocycles. The van der Waals surface area contributed by atoms with Crippen LogP contribution in [0.15, 0.2) is 54.6 Å². The molecule has 26 heavy (non-hydrogen) atoms. The normalized spacial score (nSPS) is 14.9. The molecule has 2 aromatic carbocycles. The fourth-order valence-corrected chi connectivity index (χ4v) is 3.19. The standard InChI is InChI=1S/C21H25N3O2/c25-20(23-17-10-4-1-2-5-11-17)21(26)24-19-14-12-18(13-15-19)22-16-8-6-3-7-9-16/h3,6-9,12-15,17,22H,1-2,4-5,10-11H2,(H,23,25)(H,24,26). The van der Waals surface area contributed by atoms with Crippen molar-refractivity contribution >= 4 is 28.9 Å². The molecule has 5 nitrogen and oxygen atoms in total. The molecule has 0 aliphatic heterocycles. The zero-order chi connectivity index (χ0) is 18.2. The molecular weight excluding hydrogens is 326 g/mol. The van der Waals surface area contributed by atoms with Crippen molar-refractivity contribution in [1.29, 1.82) is 0 Å². The molecule has 0 atom stereocenters. The van der Waals surface area contributed by atoms with Crippen molar-refractivity contribution in [3.05, 3.63) is 54.6 Å². The average molecular weight is 351 g/mol. The summed E-state index contributed by atoms with van der Waals surface area (Å²) in [4.78, 5) is 24.2. The van der Waals surface area contributed by atoms with E-state index in [1.54, 1.807) is 12.1 Å². The second-order valence-electron chi connectivity index (χ2n) is 6.68. The maximum Gasteiger partial charge on any atom is 0.313 e. The van der Waals surface area contributed by atoms with Crippen molar-refractivity contribution in [2.45, 2.75) is 44.6 Å². The maximum absolute atomic E-state index is 12.1. The Morgan fingerprint density at radius 1 is 0.692 bits per heavy atom. The third-order valence-corrected chi connectivity index (χ3v) is 4.60. The van der Waals surface area contributed by atoms with Crippen LogP contribution < -0.4 is 16.0 Å². The minimum Gasteiger partial charge on any atom is -0.356 e. The van der Waals surface area contributed by atoms with Crippen LogP contribution in [-0.4, -0.2) is 17.9 Å². The van der Waals surface area contributed by atoms with Gasteiger partial charge in [0, 0.05) is 23.1 Å². The molecule has 3 rings (SSSR count). The van der Waals surface area contributed by atoms with Crippen LogP contribution in [0, 0.1) is 0 Å². The second-order valence-corrected chi connectivity index (χ2v) is 6.68. The minimum absolute atomic E-state index is 0.119. The highest BCUT2D eigenvalue weighted by molar-refractivity contribution is 6.39. The molecule has 0 spiro atoms. The minimum atomic E-state index is -0.613. The van der Waals surface area contributed by atoms with Gasteiger partial charge in [-0.25, -0.2) is 0 Å². The Balaban J connectivity index is 1.51. The largest absolute Gasteiger partial charge is 0.356 e. The summed E-state index contributed by atoms with van der Waals surface area (Å²) < 4.78 is 0. The van der Waals surface area contributed by atoms with Gasteiger partial charge in [0.1, 0.15) is 0 Å². The van der Waals surface area contributed by atoms with Crippen LogP contribution in [0.3, 0.4) is 0 Å². The molecule has 5 heteroatoms. The summed E-state index contributed by atoms with van der Waals surface area (Å²) >= 11 is 0. The summed E-state index contributed by atoms with van der Waals surface area (Å²) in [5, 5.41) is 8.79. The van der Waals surface area contributed by atoms with Gasteiger partial charge >= 0.3 is 11.8 Å². The molecule has 0 unspecified atom stereocenters. The lowest BCUT2D eigenvalue weighted by molar-refractivity contribution is -0.136. The Morgan fingerprint density at radius 3 is 1.92 bits per heavy atom. The Bertz CT molecular complexity index is 721. The number of nitrogens with one attached hydrogen (secondary N) is 3. The SMILES string of the molecule is O=C(Nc1ccc(Nc2ccccc2)cc1)C(=O)NC1CCCCCC1. The summed E-state index contributed by atoms with van der Waals surface area (Å²) in [6, 6.07) is 17.3. The predicted octanol–water partition coefficient (Wildman–Crippen LogP) is 4.21. The van der Waals surface area contributed by atoms with Gasteiger partial charge in [-0.1, -0.05) is 43.9 Å². The number of amides is 2. The summed E-state index contributed by atoms with van der Waals surface area (Å²) in [5.41, 5.74) is 2.51. The van der Waals surface area contributed by atoms with E-state index in [1.807, 2.05) is 42.5 Å². The van der Waals surface area contributed by atoms with Gasteiger partial charge in [-0.3, -0.25) is 9.59 Å². The second kappa shape index (κ2) is 9.04. The fraction of sp³-hybridized carbons (Fsp3) is 0.333. The molecule has 0 radical (unpaired) electrons. The van der Waals surface area contributed by atoms with E-state index < -0.39 is 11.8 Å². The number of carbonyl (C=O) groups is 2. The molecule has 0 bridgehead atoms. The van der Waals surface area contributed by atoms with Crippen LogP contribution in [0.1, 0.15) is 38.5 Å². The third kappa shape index (κ3) is 5.34. The first-order chi connectivity index (χ1) is 12.7. The van der Waals surface area contributed by atoms with Crippen molar-refractivity contribution in [2.75, 3.05) is 10.6 Å². The van der Waals surface area contributed by atoms with E-state index in [9.17, 15) is 9.59 Å². The average Bonchev–Trinajstić information content (AvgIpc) is 2.93. The summed E-state index contributed by atoms with van der Waals surface area (Å²) in [6.45, 7) is 0. The first kappa shape index (κ1) is 18.0. The van der Waals surface area contributed by atoms with E-state index in [4.69, 9.17) is 0 Å². The van der Waals surface area contributed by atoms with Gasteiger partial charge in [0.05, 0.1) is 0 Å². The lowest BCUT2D eigenvalue weighted by Gasteiger charge is -2.15. The van der Waals surface area contributed by atoms with E-state index >= 15 is 0 Å². The van der Waals surface area contributed by atoms with Gasteiger partial charge in [0.15, 0.2) is 0 Å². The molecular formula is C21H25N3O2. The summed E-state index contributed by atoms with van der Waals surface area (Å²) in [7, 11) is 0. The molecule has 1 fully saturated rings. The summed E-state index contributed by atoms with van der Waals surface area (Å²) in [5.74, 6) is -1.17. The molecule has 2 amide bonds. The van der Waals surface area contributed by atoms with Crippen molar-refractivity contribution in [3.63, 3.8) is 0 Å². The van der Waals surface area contributed by atoms with Crippen LogP contribution in [0.4, 0.5) is 17.1 Å². The van der Waals surface area contributed by atoms with Gasteiger partial charge in [0.25, 0.3) is 0 Å². The third-order valence-electron chi connectivity index (χ3n) is 4.60. The molecule has 1 aliphatic rings. The predicted molar refractivity (Wildman–Crippen MR) is 104 cm³/mol. The van der Waals surface area contributed by atoms with Gasteiger partial charge in [-0.05, 0) is 49.2 Å². The smallest absolute Gasteiger partial charge is 0.313 e. The number of benzene rings is 2. The fourth-order valence-electron chi connectivity index (χ4n) is 3.19. The van der Waals surface area contributed by atoms with Gasteiger partial charge < -0.3 is 16.0 Å². The maximum atomic E-state index is 12.1. The number of carbonyl (C=O) groups excluding carboxylic acids is 2. The highest BCUT2D eigenvalue weighted by Crippen LogP contribution is 2.19. The molecule has 2 aromatic rings. The zero-order valence-corrected chi connectivity index (χ0v) is 14.8. The van der Waals surface area contributed by atoms with Crippen LogP contribution >= 0.6 is 0 Å². The number of para-hydroxylation sites is 1. The number of anilines is 3. The molecule has 136 valence electrons. The highest BCUT2D eigenvalue weighted by atomic mass is 16.2. The van der Waals surface area contributed by atoms with Gasteiger partial charge in [-0.15, -0.1) is 0 Å². The Morgan fingerprint density at radius 2 is 1.27 bits per heavy atom. The van der Waals surface area contributed by atoms with Crippen LogP contribution in [0.2, 0.25) is 0 Å². The zero-order valence-electron chi connectivity index (χ0n) is 14.8. The highest BCUT2D eigenvalue weighted by Gasteiger charge is 2.19. The molecule has 0 saturated heterocycles. The van der Waals surface area contributed by atoms with Crippen LogP contribution in [-0.2, 0) is 9.59 Å². The van der Waals surface area contributed by atoms with Gasteiger partial charge in [0.2, 0.25) is 0 Å².